The van der Waals surface area contributed by atoms with E-state index in [0.717, 1.165) is 12.8 Å². The second-order valence-electron chi connectivity index (χ2n) is 5.86. The van der Waals surface area contributed by atoms with E-state index in [1.165, 1.54) is 4.31 Å². The highest BCUT2D eigenvalue weighted by molar-refractivity contribution is 7.87. The Morgan fingerprint density at radius 2 is 2.20 bits per heavy atom. The zero-order valence-corrected chi connectivity index (χ0v) is 12.5. The van der Waals surface area contributed by atoms with Gasteiger partial charge in [-0.2, -0.15) is 17.4 Å². The SMILES string of the molecule is CC1(NS(=O)(=O)N2CCCC(C(=O)O)C2)CCCOC1. The fourth-order valence-electron chi connectivity index (χ4n) is 2.75. The van der Waals surface area contributed by atoms with Gasteiger partial charge >= 0.3 is 5.97 Å². The second-order valence-corrected chi connectivity index (χ2v) is 7.53. The molecule has 0 amide bonds. The van der Waals surface area contributed by atoms with Crippen LogP contribution in [0.4, 0.5) is 0 Å². The van der Waals surface area contributed by atoms with Gasteiger partial charge in [-0.15, -0.1) is 0 Å². The van der Waals surface area contributed by atoms with Crippen molar-refractivity contribution < 1.29 is 23.1 Å². The first-order valence-corrected chi connectivity index (χ1v) is 8.36. The number of hydrogen-bond acceptors (Lipinski definition) is 4. The van der Waals surface area contributed by atoms with E-state index in [0.29, 0.717) is 32.6 Å². The number of carbonyl (C=O) groups is 1. The minimum absolute atomic E-state index is 0.0433. The largest absolute Gasteiger partial charge is 0.481 e. The molecule has 2 atom stereocenters. The predicted molar refractivity (Wildman–Crippen MR) is 72.4 cm³/mol. The van der Waals surface area contributed by atoms with Crippen molar-refractivity contribution in [1.82, 2.24) is 9.03 Å². The van der Waals surface area contributed by atoms with Crippen LogP contribution in [0, 0.1) is 5.92 Å². The van der Waals surface area contributed by atoms with Crippen molar-refractivity contribution in [2.75, 3.05) is 26.3 Å². The number of rotatable bonds is 4. The molecule has 8 heteroatoms. The van der Waals surface area contributed by atoms with E-state index in [4.69, 9.17) is 9.84 Å². The quantitative estimate of drug-likeness (QED) is 0.773. The molecule has 116 valence electrons. The maximum absolute atomic E-state index is 12.4. The Morgan fingerprint density at radius 1 is 1.45 bits per heavy atom. The minimum atomic E-state index is -3.67. The second kappa shape index (κ2) is 5.97. The molecule has 20 heavy (non-hydrogen) atoms. The fourth-order valence-corrected chi connectivity index (χ4v) is 4.41. The van der Waals surface area contributed by atoms with Crippen molar-refractivity contribution in [3.05, 3.63) is 0 Å². The summed E-state index contributed by atoms with van der Waals surface area (Å²) in [4.78, 5) is 11.0. The van der Waals surface area contributed by atoms with Crippen LogP contribution < -0.4 is 4.72 Å². The topological polar surface area (TPSA) is 95.9 Å². The van der Waals surface area contributed by atoms with E-state index >= 15 is 0 Å². The highest BCUT2D eigenvalue weighted by Crippen LogP contribution is 2.23. The van der Waals surface area contributed by atoms with Crippen molar-refractivity contribution in [1.29, 1.82) is 0 Å². The van der Waals surface area contributed by atoms with Crippen LogP contribution in [0.25, 0.3) is 0 Å². The molecule has 2 unspecified atom stereocenters. The molecule has 2 rings (SSSR count). The van der Waals surface area contributed by atoms with Gasteiger partial charge in [-0.05, 0) is 32.6 Å². The van der Waals surface area contributed by atoms with Gasteiger partial charge in [0.05, 0.1) is 18.1 Å². The Bertz CT molecular complexity index is 458. The van der Waals surface area contributed by atoms with E-state index in [2.05, 4.69) is 4.72 Å². The van der Waals surface area contributed by atoms with E-state index in [-0.39, 0.29) is 6.54 Å². The molecular formula is C12H22N2O5S. The number of ether oxygens (including phenoxy) is 1. The van der Waals surface area contributed by atoms with Crippen LogP contribution in [0.15, 0.2) is 0 Å². The molecule has 0 aromatic heterocycles. The van der Waals surface area contributed by atoms with Gasteiger partial charge in [-0.25, -0.2) is 0 Å². The van der Waals surface area contributed by atoms with Gasteiger partial charge in [0.2, 0.25) is 0 Å². The maximum Gasteiger partial charge on any atom is 0.307 e. The lowest BCUT2D eigenvalue weighted by atomic mass is 9.97. The lowest BCUT2D eigenvalue weighted by Gasteiger charge is -2.37. The summed E-state index contributed by atoms with van der Waals surface area (Å²) in [7, 11) is -3.67. The summed E-state index contributed by atoms with van der Waals surface area (Å²) in [5, 5.41) is 9.03. The highest BCUT2D eigenvalue weighted by atomic mass is 32.2. The van der Waals surface area contributed by atoms with Gasteiger partial charge in [0, 0.05) is 19.7 Å². The predicted octanol–water partition coefficient (Wildman–Crippen LogP) is 0.187. The number of aliphatic carboxylic acids is 1. The van der Waals surface area contributed by atoms with Crippen molar-refractivity contribution in [2.45, 2.75) is 38.1 Å². The number of piperidine rings is 1. The number of hydrogen-bond donors (Lipinski definition) is 2. The average molecular weight is 306 g/mol. The van der Waals surface area contributed by atoms with E-state index < -0.39 is 27.6 Å². The zero-order chi connectivity index (χ0) is 14.8. The summed E-state index contributed by atoms with van der Waals surface area (Å²) in [6.07, 6.45) is 2.64. The summed E-state index contributed by atoms with van der Waals surface area (Å²) in [6, 6.07) is 0. The normalized spacial score (nSPS) is 33.0. The van der Waals surface area contributed by atoms with Gasteiger partial charge in [0.25, 0.3) is 10.2 Å². The molecule has 2 aliphatic heterocycles. The molecule has 2 saturated heterocycles. The molecule has 0 aromatic carbocycles. The van der Waals surface area contributed by atoms with Crippen LogP contribution in [0.1, 0.15) is 32.6 Å². The molecule has 2 aliphatic rings. The van der Waals surface area contributed by atoms with Gasteiger partial charge in [-0.3, -0.25) is 4.79 Å². The molecule has 2 N–H and O–H groups in total. The van der Waals surface area contributed by atoms with Crippen molar-refractivity contribution in [2.24, 2.45) is 5.92 Å². The average Bonchev–Trinajstić information content (AvgIpc) is 2.38. The van der Waals surface area contributed by atoms with E-state index in [9.17, 15) is 13.2 Å². The van der Waals surface area contributed by atoms with Crippen LogP contribution >= 0.6 is 0 Å². The summed E-state index contributed by atoms with van der Waals surface area (Å²) >= 11 is 0. The van der Waals surface area contributed by atoms with Gasteiger partial charge in [-0.1, -0.05) is 0 Å². The number of nitrogens with zero attached hydrogens (tertiary/aromatic N) is 1. The van der Waals surface area contributed by atoms with Crippen molar-refractivity contribution in [3.8, 4) is 0 Å². The Balaban J connectivity index is 2.04. The standard InChI is InChI=1S/C12H22N2O5S/c1-12(5-3-7-19-9-12)13-20(17,18)14-6-2-4-10(8-14)11(15)16/h10,13H,2-9H2,1H3,(H,15,16). The van der Waals surface area contributed by atoms with Crippen LogP contribution in [0.2, 0.25) is 0 Å². The molecule has 0 radical (unpaired) electrons. The van der Waals surface area contributed by atoms with Gasteiger partial charge in [0.1, 0.15) is 0 Å². The zero-order valence-electron chi connectivity index (χ0n) is 11.7. The molecule has 0 spiro atoms. The molecule has 0 saturated carbocycles. The molecule has 0 aliphatic carbocycles. The van der Waals surface area contributed by atoms with E-state index in [1.54, 1.807) is 0 Å². The van der Waals surface area contributed by atoms with E-state index in [1.807, 2.05) is 6.92 Å². The number of nitrogens with one attached hydrogen (secondary N) is 1. The maximum atomic E-state index is 12.4. The Morgan fingerprint density at radius 3 is 2.80 bits per heavy atom. The summed E-state index contributed by atoms with van der Waals surface area (Å²) < 4.78 is 34.1. The third kappa shape index (κ3) is 3.69. The summed E-state index contributed by atoms with van der Waals surface area (Å²) in [5.41, 5.74) is -0.604. The van der Waals surface area contributed by atoms with Crippen molar-refractivity contribution >= 4 is 16.2 Å². The fraction of sp³-hybridized carbons (Fsp3) is 0.917. The third-order valence-electron chi connectivity index (χ3n) is 3.89. The molecule has 0 aromatic rings. The van der Waals surface area contributed by atoms with Crippen LogP contribution in [-0.4, -0.2) is 55.6 Å². The van der Waals surface area contributed by atoms with Crippen LogP contribution in [0.5, 0.6) is 0 Å². The lowest BCUT2D eigenvalue weighted by Crippen LogP contribution is -2.57. The first-order chi connectivity index (χ1) is 9.32. The smallest absolute Gasteiger partial charge is 0.307 e. The van der Waals surface area contributed by atoms with Crippen molar-refractivity contribution in [3.63, 3.8) is 0 Å². The molecular weight excluding hydrogens is 284 g/mol. The molecule has 0 bridgehead atoms. The van der Waals surface area contributed by atoms with Gasteiger partial charge < -0.3 is 9.84 Å². The Hall–Kier alpha value is -0.700. The summed E-state index contributed by atoms with van der Waals surface area (Å²) in [5.74, 6) is -1.55. The Kier molecular flexibility index (Phi) is 4.68. The molecule has 2 heterocycles. The molecule has 7 nitrogen and oxygen atoms in total. The van der Waals surface area contributed by atoms with Crippen LogP contribution in [0.3, 0.4) is 0 Å². The third-order valence-corrected chi connectivity index (χ3v) is 5.65. The monoisotopic (exact) mass is 306 g/mol. The first kappa shape index (κ1) is 15.7. The number of carboxylic acids is 1. The first-order valence-electron chi connectivity index (χ1n) is 6.92. The number of carboxylic acid groups (broad SMARTS) is 1. The van der Waals surface area contributed by atoms with Gasteiger partial charge in [0.15, 0.2) is 0 Å². The molecule has 2 fully saturated rings. The summed E-state index contributed by atoms with van der Waals surface area (Å²) in [6.45, 7) is 3.24. The lowest BCUT2D eigenvalue weighted by molar-refractivity contribution is -0.142. The van der Waals surface area contributed by atoms with Crippen LogP contribution in [-0.2, 0) is 19.7 Å². The Labute approximate surface area is 119 Å². The minimum Gasteiger partial charge on any atom is -0.481 e. The highest BCUT2D eigenvalue weighted by Gasteiger charge is 2.38.